The van der Waals surface area contributed by atoms with E-state index >= 15 is 0 Å². The monoisotopic (exact) mass is 211 g/mol. The zero-order valence-corrected chi connectivity index (χ0v) is 7.77. The van der Waals surface area contributed by atoms with Crippen molar-refractivity contribution in [1.29, 1.82) is 0 Å². The van der Waals surface area contributed by atoms with E-state index in [1.54, 1.807) is 0 Å². The standard InChI is InChI=1S/C9H6ClNO3/c10-9(12)6-3-7-1-4-8(5-2-7)11(13)14/h1-6H/b6-3-. The second-order valence-corrected chi connectivity index (χ2v) is 2.86. The largest absolute Gasteiger partial charge is 0.276 e. The van der Waals surface area contributed by atoms with Crippen LogP contribution in [0.5, 0.6) is 0 Å². The van der Waals surface area contributed by atoms with Crippen molar-refractivity contribution in [2.24, 2.45) is 0 Å². The number of carbonyl (C=O) groups excluding carboxylic acids is 1. The first kappa shape index (κ1) is 10.4. The molecule has 0 radical (unpaired) electrons. The average molecular weight is 212 g/mol. The van der Waals surface area contributed by atoms with Gasteiger partial charge in [-0.15, -0.1) is 0 Å². The number of non-ortho nitro benzene ring substituents is 1. The fourth-order valence-electron chi connectivity index (χ4n) is 0.869. The minimum Gasteiger partial charge on any atom is -0.276 e. The maximum atomic E-state index is 10.4. The number of nitrogens with zero attached hydrogens (tertiary/aromatic N) is 1. The summed E-state index contributed by atoms with van der Waals surface area (Å²) in [6.45, 7) is 0. The van der Waals surface area contributed by atoms with Gasteiger partial charge in [0.1, 0.15) is 0 Å². The zero-order valence-electron chi connectivity index (χ0n) is 7.01. The summed E-state index contributed by atoms with van der Waals surface area (Å²) in [7, 11) is 0. The van der Waals surface area contributed by atoms with Crippen LogP contribution in [-0.4, -0.2) is 10.2 Å². The summed E-state index contributed by atoms with van der Waals surface area (Å²) in [5, 5.41) is 9.71. The Labute approximate surface area is 85.0 Å². The number of benzene rings is 1. The molecule has 0 aliphatic heterocycles. The maximum absolute atomic E-state index is 10.4. The first-order valence-corrected chi connectivity index (χ1v) is 4.09. The zero-order chi connectivity index (χ0) is 10.6. The van der Waals surface area contributed by atoms with Gasteiger partial charge in [-0.05, 0) is 35.4 Å². The van der Waals surface area contributed by atoms with Crippen LogP contribution in [0, 0.1) is 10.1 Å². The Kier molecular flexibility index (Phi) is 3.36. The molecule has 4 nitrogen and oxygen atoms in total. The van der Waals surface area contributed by atoms with Gasteiger partial charge in [0.25, 0.3) is 5.69 Å². The number of allylic oxidation sites excluding steroid dienone is 1. The lowest BCUT2D eigenvalue weighted by Gasteiger charge is -1.92. The quantitative estimate of drug-likeness (QED) is 0.334. The third-order valence-corrected chi connectivity index (χ3v) is 1.64. The average Bonchev–Trinajstić information content (AvgIpc) is 2.15. The van der Waals surface area contributed by atoms with Crippen LogP contribution in [0.2, 0.25) is 0 Å². The normalized spacial score (nSPS) is 10.4. The third kappa shape index (κ3) is 2.99. The minimum atomic E-state index is -0.580. The van der Waals surface area contributed by atoms with Crippen LogP contribution in [0.1, 0.15) is 5.56 Å². The van der Waals surface area contributed by atoms with Gasteiger partial charge in [0.05, 0.1) is 4.92 Å². The van der Waals surface area contributed by atoms with Gasteiger partial charge in [0.2, 0.25) is 5.24 Å². The van der Waals surface area contributed by atoms with Gasteiger partial charge in [0.15, 0.2) is 0 Å². The van der Waals surface area contributed by atoms with Crippen LogP contribution >= 0.6 is 11.6 Å². The second kappa shape index (κ2) is 4.53. The number of nitro benzene ring substituents is 1. The summed E-state index contributed by atoms with van der Waals surface area (Å²) in [5.74, 6) is 0. The Morgan fingerprint density at radius 2 is 1.93 bits per heavy atom. The molecule has 0 aliphatic rings. The summed E-state index contributed by atoms with van der Waals surface area (Å²) in [4.78, 5) is 20.2. The van der Waals surface area contributed by atoms with E-state index in [0.717, 1.165) is 0 Å². The molecule has 0 spiro atoms. The predicted octanol–water partition coefficient (Wildman–Crippen LogP) is 2.37. The third-order valence-electron chi connectivity index (χ3n) is 1.51. The molecule has 0 amide bonds. The number of rotatable bonds is 3. The highest BCUT2D eigenvalue weighted by Crippen LogP contribution is 2.12. The molecule has 0 aromatic heterocycles. The van der Waals surface area contributed by atoms with Gasteiger partial charge in [0, 0.05) is 12.1 Å². The molecule has 0 aliphatic carbocycles. The van der Waals surface area contributed by atoms with Crippen molar-refractivity contribution in [3.63, 3.8) is 0 Å². The van der Waals surface area contributed by atoms with Gasteiger partial charge in [-0.1, -0.05) is 6.08 Å². The highest BCUT2D eigenvalue weighted by Gasteiger charge is 2.02. The summed E-state index contributed by atoms with van der Waals surface area (Å²) < 4.78 is 0. The van der Waals surface area contributed by atoms with Crippen LogP contribution < -0.4 is 0 Å². The lowest BCUT2D eigenvalue weighted by Crippen LogP contribution is -1.86. The number of hydrogen-bond donors (Lipinski definition) is 0. The van der Waals surface area contributed by atoms with Crippen molar-refractivity contribution in [3.05, 3.63) is 46.0 Å². The first-order valence-electron chi connectivity index (χ1n) is 3.71. The van der Waals surface area contributed by atoms with Gasteiger partial charge >= 0.3 is 0 Å². The molecule has 0 N–H and O–H groups in total. The first-order chi connectivity index (χ1) is 6.59. The van der Waals surface area contributed by atoms with E-state index in [-0.39, 0.29) is 5.69 Å². The molecule has 1 aromatic carbocycles. The Balaban J connectivity index is 2.83. The van der Waals surface area contributed by atoms with Crippen molar-refractivity contribution in [2.75, 3.05) is 0 Å². The number of nitro groups is 1. The SMILES string of the molecule is O=C(Cl)/C=C\c1ccc([N+](=O)[O-])cc1. The van der Waals surface area contributed by atoms with E-state index in [0.29, 0.717) is 5.56 Å². The van der Waals surface area contributed by atoms with E-state index in [2.05, 4.69) is 0 Å². The molecule has 5 heteroatoms. The minimum absolute atomic E-state index is 0.0133. The Hall–Kier alpha value is -1.68. The van der Waals surface area contributed by atoms with E-state index in [1.165, 1.54) is 36.4 Å². The number of carbonyl (C=O) groups is 1. The van der Waals surface area contributed by atoms with Crippen molar-refractivity contribution >= 4 is 28.6 Å². The molecular formula is C9H6ClNO3. The van der Waals surface area contributed by atoms with Crippen molar-refractivity contribution in [2.45, 2.75) is 0 Å². The molecule has 0 atom stereocenters. The van der Waals surface area contributed by atoms with Crippen molar-refractivity contribution in [1.82, 2.24) is 0 Å². The summed E-state index contributed by atoms with van der Waals surface area (Å²) >= 11 is 5.08. The molecule has 0 heterocycles. The fourth-order valence-corrected chi connectivity index (χ4v) is 0.932. The van der Waals surface area contributed by atoms with Crippen molar-refractivity contribution < 1.29 is 9.72 Å². The molecule has 72 valence electrons. The lowest BCUT2D eigenvalue weighted by atomic mass is 10.2. The smallest absolute Gasteiger partial charge is 0.269 e. The summed E-state index contributed by atoms with van der Waals surface area (Å²) in [6.07, 6.45) is 2.67. The van der Waals surface area contributed by atoms with Crippen LogP contribution in [0.4, 0.5) is 5.69 Å². The van der Waals surface area contributed by atoms with Crippen LogP contribution in [-0.2, 0) is 4.79 Å². The molecule has 14 heavy (non-hydrogen) atoms. The van der Waals surface area contributed by atoms with Crippen molar-refractivity contribution in [3.8, 4) is 0 Å². The van der Waals surface area contributed by atoms with Crippen LogP contribution in [0.3, 0.4) is 0 Å². The molecular weight excluding hydrogens is 206 g/mol. The molecule has 0 unspecified atom stereocenters. The van der Waals surface area contributed by atoms with Gasteiger partial charge in [-0.2, -0.15) is 0 Å². The Morgan fingerprint density at radius 3 is 2.36 bits per heavy atom. The highest BCUT2D eigenvalue weighted by molar-refractivity contribution is 6.66. The topological polar surface area (TPSA) is 60.2 Å². The molecule has 0 bridgehead atoms. The molecule has 0 fully saturated rings. The van der Waals surface area contributed by atoms with E-state index < -0.39 is 10.2 Å². The number of hydrogen-bond acceptors (Lipinski definition) is 3. The van der Waals surface area contributed by atoms with Gasteiger partial charge in [-0.3, -0.25) is 14.9 Å². The summed E-state index contributed by atoms with van der Waals surface area (Å²) in [5.41, 5.74) is 0.698. The molecule has 0 saturated carbocycles. The highest BCUT2D eigenvalue weighted by atomic mass is 35.5. The van der Waals surface area contributed by atoms with E-state index in [1.807, 2.05) is 0 Å². The second-order valence-electron chi connectivity index (χ2n) is 2.49. The molecule has 1 rings (SSSR count). The Morgan fingerprint density at radius 1 is 1.36 bits per heavy atom. The lowest BCUT2D eigenvalue weighted by molar-refractivity contribution is -0.384. The number of halogens is 1. The van der Waals surface area contributed by atoms with Crippen LogP contribution in [0.15, 0.2) is 30.3 Å². The van der Waals surface area contributed by atoms with Gasteiger partial charge in [-0.25, -0.2) is 0 Å². The maximum Gasteiger partial charge on any atom is 0.269 e. The van der Waals surface area contributed by atoms with E-state index in [4.69, 9.17) is 11.6 Å². The Bertz CT molecular complexity index is 384. The predicted molar refractivity (Wildman–Crippen MR) is 53.0 cm³/mol. The molecule has 1 aromatic rings. The van der Waals surface area contributed by atoms with Gasteiger partial charge < -0.3 is 0 Å². The fraction of sp³-hybridized carbons (Fsp3) is 0. The summed E-state index contributed by atoms with van der Waals surface area (Å²) in [6, 6.07) is 5.79. The van der Waals surface area contributed by atoms with E-state index in [9.17, 15) is 14.9 Å². The van der Waals surface area contributed by atoms with Crippen LogP contribution in [0.25, 0.3) is 6.08 Å². The molecule has 0 saturated heterocycles.